The van der Waals surface area contributed by atoms with Gasteiger partial charge >= 0.3 is 6.18 Å². The fraction of sp³-hybridized carbons (Fsp3) is 0.600. The summed E-state index contributed by atoms with van der Waals surface area (Å²) in [6.07, 6.45) is -6.83. The van der Waals surface area contributed by atoms with Crippen molar-refractivity contribution in [1.29, 1.82) is 0 Å². The Morgan fingerprint density at radius 1 is 1.43 bits per heavy atom. The highest BCUT2D eigenvalue weighted by Crippen LogP contribution is 2.50. The standard InChI is InChI=1S/C15H18F3NO4/c1-19-4-3-8-5-10-13(23-7-22-10)14(21-2)12(8)9(19)6-11(20)15(16,17)18/h5,9,11,20H,3-4,6-7H2,1-2H3/t9-,11+/m1/s1. The summed E-state index contributed by atoms with van der Waals surface area (Å²) in [5.74, 6) is 1.34. The molecule has 0 radical (unpaired) electrons. The van der Waals surface area contributed by atoms with Crippen molar-refractivity contribution in [3.05, 3.63) is 17.2 Å². The molecule has 2 aliphatic heterocycles. The normalized spacial score (nSPS) is 21.9. The number of aliphatic hydroxyl groups excluding tert-OH is 1. The quantitative estimate of drug-likeness (QED) is 0.920. The van der Waals surface area contributed by atoms with Gasteiger partial charge in [-0.3, -0.25) is 4.90 Å². The van der Waals surface area contributed by atoms with Crippen LogP contribution in [0.2, 0.25) is 0 Å². The van der Waals surface area contributed by atoms with E-state index in [1.54, 1.807) is 18.0 Å². The fourth-order valence-corrected chi connectivity index (χ4v) is 3.17. The van der Waals surface area contributed by atoms with Crippen molar-refractivity contribution in [2.45, 2.75) is 31.2 Å². The minimum Gasteiger partial charge on any atom is -0.492 e. The molecule has 1 N–H and O–H groups in total. The van der Waals surface area contributed by atoms with Crippen LogP contribution in [0.25, 0.3) is 0 Å². The van der Waals surface area contributed by atoms with Gasteiger partial charge in [0.15, 0.2) is 17.6 Å². The molecule has 0 aliphatic carbocycles. The zero-order valence-corrected chi connectivity index (χ0v) is 12.8. The van der Waals surface area contributed by atoms with Gasteiger partial charge in [0.05, 0.1) is 7.11 Å². The molecule has 1 aromatic carbocycles. The van der Waals surface area contributed by atoms with Crippen LogP contribution in [0.4, 0.5) is 13.2 Å². The number of alkyl halides is 3. The summed E-state index contributed by atoms with van der Waals surface area (Å²) < 4.78 is 54.5. The molecular weight excluding hydrogens is 315 g/mol. The Kier molecular flexibility index (Phi) is 4.05. The van der Waals surface area contributed by atoms with E-state index in [9.17, 15) is 18.3 Å². The van der Waals surface area contributed by atoms with Gasteiger partial charge in [-0.1, -0.05) is 0 Å². The lowest BCUT2D eigenvalue weighted by Gasteiger charge is -2.37. The highest BCUT2D eigenvalue weighted by Gasteiger charge is 2.43. The maximum absolute atomic E-state index is 12.8. The Bertz CT molecular complexity index is 605. The summed E-state index contributed by atoms with van der Waals surface area (Å²) in [5.41, 5.74) is 1.50. The summed E-state index contributed by atoms with van der Waals surface area (Å²) in [6, 6.07) is 1.18. The molecule has 2 aliphatic rings. The lowest BCUT2D eigenvalue weighted by Crippen LogP contribution is -2.38. The molecule has 2 heterocycles. The van der Waals surface area contributed by atoms with E-state index in [4.69, 9.17) is 14.2 Å². The summed E-state index contributed by atoms with van der Waals surface area (Å²) in [5, 5.41) is 9.49. The van der Waals surface area contributed by atoms with Crippen molar-refractivity contribution in [3.63, 3.8) is 0 Å². The number of halogens is 3. The van der Waals surface area contributed by atoms with Crippen LogP contribution in [-0.4, -0.2) is 49.8 Å². The molecule has 0 spiro atoms. The van der Waals surface area contributed by atoms with Crippen LogP contribution < -0.4 is 14.2 Å². The number of likely N-dealkylation sites (N-methyl/N-ethyl adjacent to an activating group) is 1. The second kappa shape index (κ2) is 5.76. The Morgan fingerprint density at radius 3 is 2.83 bits per heavy atom. The second-order valence-corrected chi connectivity index (χ2v) is 5.76. The molecule has 23 heavy (non-hydrogen) atoms. The highest BCUT2D eigenvalue weighted by atomic mass is 19.4. The van der Waals surface area contributed by atoms with Gasteiger partial charge in [0.1, 0.15) is 0 Å². The van der Waals surface area contributed by atoms with Crippen molar-refractivity contribution in [3.8, 4) is 17.2 Å². The molecule has 0 bridgehead atoms. The molecule has 5 nitrogen and oxygen atoms in total. The molecule has 3 rings (SSSR count). The Labute approximate surface area is 131 Å². The van der Waals surface area contributed by atoms with E-state index in [1.807, 2.05) is 0 Å². The molecule has 0 fully saturated rings. The first-order valence-corrected chi connectivity index (χ1v) is 7.27. The third kappa shape index (κ3) is 2.81. The Hall–Kier alpha value is -1.67. The summed E-state index contributed by atoms with van der Waals surface area (Å²) >= 11 is 0. The van der Waals surface area contributed by atoms with E-state index in [1.165, 1.54) is 7.11 Å². The molecule has 128 valence electrons. The lowest BCUT2D eigenvalue weighted by molar-refractivity contribution is -0.209. The van der Waals surface area contributed by atoms with Crippen LogP contribution in [0.3, 0.4) is 0 Å². The topological polar surface area (TPSA) is 51.2 Å². The number of fused-ring (bicyclic) bond motifs is 2. The number of aliphatic hydroxyl groups is 1. The van der Waals surface area contributed by atoms with E-state index in [0.717, 1.165) is 5.56 Å². The third-order valence-electron chi connectivity index (χ3n) is 4.37. The van der Waals surface area contributed by atoms with Crippen LogP contribution in [0, 0.1) is 0 Å². The van der Waals surface area contributed by atoms with E-state index < -0.39 is 24.7 Å². The molecular formula is C15H18F3NO4. The Balaban J connectivity index is 2.04. The zero-order chi connectivity index (χ0) is 16.8. The van der Waals surface area contributed by atoms with Gasteiger partial charge in [-0.05, 0) is 25.1 Å². The minimum absolute atomic E-state index is 0.0558. The number of methoxy groups -OCH3 is 1. The van der Waals surface area contributed by atoms with E-state index in [2.05, 4.69) is 0 Å². The van der Waals surface area contributed by atoms with Crippen molar-refractivity contribution in [2.24, 2.45) is 0 Å². The second-order valence-electron chi connectivity index (χ2n) is 5.76. The molecule has 0 unspecified atom stereocenters. The molecule has 0 saturated heterocycles. The van der Waals surface area contributed by atoms with Crippen molar-refractivity contribution < 1.29 is 32.5 Å². The van der Waals surface area contributed by atoms with Crippen LogP contribution in [0.1, 0.15) is 23.6 Å². The van der Waals surface area contributed by atoms with Crippen molar-refractivity contribution in [2.75, 3.05) is 27.5 Å². The number of hydrogen-bond donors (Lipinski definition) is 1. The third-order valence-corrected chi connectivity index (χ3v) is 4.37. The van der Waals surface area contributed by atoms with E-state index in [-0.39, 0.29) is 6.79 Å². The van der Waals surface area contributed by atoms with Crippen LogP contribution in [0.5, 0.6) is 17.2 Å². The molecule has 0 amide bonds. The van der Waals surface area contributed by atoms with Gasteiger partial charge in [0.25, 0.3) is 0 Å². The van der Waals surface area contributed by atoms with Crippen molar-refractivity contribution >= 4 is 0 Å². The lowest BCUT2D eigenvalue weighted by atomic mass is 9.88. The fourth-order valence-electron chi connectivity index (χ4n) is 3.17. The number of nitrogens with zero attached hydrogens (tertiary/aromatic N) is 1. The van der Waals surface area contributed by atoms with Crippen LogP contribution in [0.15, 0.2) is 6.07 Å². The maximum atomic E-state index is 12.8. The number of hydrogen-bond acceptors (Lipinski definition) is 5. The number of benzene rings is 1. The van der Waals surface area contributed by atoms with Gasteiger partial charge in [0, 0.05) is 24.6 Å². The van der Waals surface area contributed by atoms with Gasteiger partial charge in [-0.15, -0.1) is 0 Å². The molecule has 1 aromatic rings. The smallest absolute Gasteiger partial charge is 0.414 e. The number of rotatable bonds is 3. The number of ether oxygens (including phenoxy) is 3. The first-order valence-electron chi connectivity index (χ1n) is 7.27. The van der Waals surface area contributed by atoms with Gasteiger partial charge < -0.3 is 19.3 Å². The first kappa shape index (κ1) is 16.2. The zero-order valence-electron chi connectivity index (χ0n) is 12.8. The highest BCUT2D eigenvalue weighted by molar-refractivity contribution is 5.61. The predicted octanol–water partition coefficient (Wildman–Crippen LogP) is 2.27. The van der Waals surface area contributed by atoms with Gasteiger partial charge in [-0.25, -0.2) is 0 Å². The van der Waals surface area contributed by atoms with Gasteiger partial charge in [-0.2, -0.15) is 13.2 Å². The largest absolute Gasteiger partial charge is 0.492 e. The predicted molar refractivity (Wildman–Crippen MR) is 74.9 cm³/mol. The SMILES string of the molecule is COc1c2c(cc3c1[C@@H](C[C@H](O)C(F)(F)F)N(C)CC3)OCO2. The monoisotopic (exact) mass is 333 g/mol. The van der Waals surface area contributed by atoms with Crippen molar-refractivity contribution in [1.82, 2.24) is 4.90 Å². The minimum atomic E-state index is -4.65. The molecule has 0 saturated carbocycles. The van der Waals surface area contributed by atoms with Gasteiger partial charge in [0.2, 0.25) is 12.5 Å². The van der Waals surface area contributed by atoms with Crippen LogP contribution >= 0.6 is 0 Å². The molecule has 8 heteroatoms. The summed E-state index contributed by atoms with van der Waals surface area (Å²) in [4.78, 5) is 1.79. The van der Waals surface area contributed by atoms with Crippen LogP contribution in [-0.2, 0) is 6.42 Å². The van der Waals surface area contributed by atoms with E-state index in [0.29, 0.717) is 35.8 Å². The Morgan fingerprint density at radius 2 is 2.17 bits per heavy atom. The first-order chi connectivity index (χ1) is 10.8. The molecule has 0 aromatic heterocycles. The average Bonchev–Trinajstić information content (AvgIpc) is 2.94. The molecule has 2 atom stereocenters. The van der Waals surface area contributed by atoms with E-state index >= 15 is 0 Å². The summed E-state index contributed by atoms with van der Waals surface area (Å²) in [7, 11) is 3.18. The summed E-state index contributed by atoms with van der Waals surface area (Å²) in [6.45, 7) is 0.644. The maximum Gasteiger partial charge on any atom is 0.414 e. The average molecular weight is 333 g/mol.